The molecule has 0 aliphatic rings. The third-order valence-electron chi connectivity index (χ3n) is 4.16. The number of anilines is 1. The number of nitrogens with two attached hydrogens (primary N) is 1. The summed E-state index contributed by atoms with van der Waals surface area (Å²) in [4.78, 5) is 13.5. The lowest BCUT2D eigenvalue weighted by molar-refractivity contribution is 0.885. The molecule has 2 N–H and O–H groups in total. The van der Waals surface area contributed by atoms with Gasteiger partial charge in [-0.1, -0.05) is 49.7 Å². The number of benzene rings is 2. The predicted molar refractivity (Wildman–Crippen MR) is 98.7 cm³/mol. The van der Waals surface area contributed by atoms with Crippen molar-refractivity contribution >= 4 is 27.8 Å². The fourth-order valence-electron chi connectivity index (χ4n) is 3.01. The highest BCUT2D eigenvalue weighted by Crippen LogP contribution is 2.26. The number of nitrogen functional groups attached to an aromatic ring is 1. The summed E-state index contributed by atoms with van der Waals surface area (Å²) in [5.41, 5.74) is 10.4. The Hall–Kier alpha value is -3.01. The molecule has 0 amide bonds. The Labute approximate surface area is 140 Å². The Kier molecular flexibility index (Phi) is 3.58. The number of fused-ring (bicyclic) bond motifs is 2. The van der Waals surface area contributed by atoms with Gasteiger partial charge in [-0.3, -0.25) is 0 Å². The molecule has 2 aromatic carbocycles. The number of hydrogen-bond acceptors (Lipinski definition) is 4. The van der Waals surface area contributed by atoms with Crippen LogP contribution in [0.4, 0.5) is 5.95 Å². The number of rotatable bonds is 3. The highest BCUT2D eigenvalue weighted by Gasteiger charge is 2.09. The van der Waals surface area contributed by atoms with Gasteiger partial charge in [0.2, 0.25) is 5.95 Å². The molecule has 24 heavy (non-hydrogen) atoms. The minimum absolute atomic E-state index is 0.311. The molecule has 0 atom stereocenters. The number of aryl methyl sites for hydroxylation is 1. The van der Waals surface area contributed by atoms with Crippen molar-refractivity contribution in [3.63, 3.8) is 0 Å². The molecule has 4 nitrogen and oxygen atoms in total. The molecular weight excluding hydrogens is 296 g/mol. The number of hydrogen-bond donors (Lipinski definition) is 1. The van der Waals surface area contributed by atoms with E-state index in [-0.39, 0.29) is 0 Å². The Morgan fingerprint density at radius 1 is 0.875 bits per heavy atom. The van der Waals surface area contributed by atoms with Crippen LogP contribution in [0.25, 0.3) is 33.1 Å². The van der Waals surface area contributed by atoms with Crippen molar-refractivity contribution in [2.45, 2.75) is 19.8 Å². The lowest BCUT2D eigenvalue weighted by atomic mass is 10.0. The molecule has 4 aromatic rings. The van der Waals surface area contributed by atoms with Crippen LogP contribution in [0.1, 0.15) is 19.0 Å². The van der Waals surface area contributed by atoms with Crippen LogP contribution in [0.2, 0.25) is 0 Å². The van der Waals surface area contributed by atoms with Gasteiger partial charge in [-0.25, -0.2) is 15.0 Å². The summed E-state index contributed by atoms with van der Waals surface area (Å²) in [6.07, 6.45) is 1.84. The van der Waals surface area contributed by atoms with Gasteiger partial charge in [0.05, 0.1) is 16.9 Å². The highest BCUT2D eigenvalue weighted by atomic mass is 15.0. The summed E-state index contributed by atoms with van der Waals surface area (Å²) >= 11 is 0. The summed E-state index contributed by atoms with van der Waals surface area (Å²) in [5.74, 6) is 0.311. The lowest BCUT2D eigenvalue weighted by Gasteiger charge is -2.08. The predicted octanol–water partition coefficient (Wildman–Crippen LogP) is 4.38. The van der Waals surface area contributed by atoms with Gasteiger partial charge in [0.25, 0.3) is 0 Å². The lowest BCUT2D eigenvalue weighted by Crippen LogP contribution is -2.02. The quantitative estimate of drug-likeness (QED) is 0.609. The van der Waals surface area contributed by atoms with Gasteiger partial charge < -0.3 is 5.73 Å². The van der Waals surface area contributed by atoms with E-state index in [2.05, 4.69) is 59.4 Å². The molecule has 2 heterocycles. The maximum Gasteiger partial charge on any atom is 0.220 e. The highest BCUT2D eigenvalue weighted by molar-refractivity contribution is 5.88. The molecule has 4 heteroatoms. The second kappa shape index (κ2) is 5.89. The van der Waals surface area contributed by atoms with Gasteiger partial charge in [0, 0.05) is 5.56 Å². The first-order chi connectivity index (χ1) is 11.7. The van der Waals surface area contributed by atoms with Gasteiger partial charge in [0.15, 0.2) is 0 Å². The number of pyridine rings is 1. The molecule has 0 unspecified atom stereocenters. The van der Waals surface area contributed by atoms with Crippen LogP contribution in [0, 0.1) is 0 Å². The van der Waals surface area contributed by atoms with Gasteiger partial charge in [-0.15, -0.1) is 0 Å². The zero-order valence-corrected chi connectivity index (χ0v) is 13.5. The molecule has 0 spiro atoms. The van der Waals surface area contributed by atoms with Crippen molar-refractivity contribution in [3.05, 3.63) is 60.3 Å². The maximum atomic E-state index is 5.82. The summed E-state index contributed by atoms with van der Waals surface area (Å²) < 4.78 is 0. The van der Waals surface area contributed by atoms with E-state index in [0.717, 1.165) is 40.8 Å². The average Bonchev–Trinajstić information content (AvgIpc) is 2.61. The normalized spacial score (nSPS) is 11.2. The van der Waals surface area contributed by atoms with E-state index in [0.29, 0.717) is 5.95 Å². The summed E-state index contributed by atoms with van der Waals surface area (Å²) in [6.45, 7) is 2.12. The molecule has 2 aromatic heterocycles. The summed E-state index contributed by atoms with van der Waals surface area (Å²) in [6, 6.07) is 18.7. The fraction of sp³-hybridized carbons (Fsp3) is 0.150. The first kappa shape index (κ1) is 14.6. The zero-order chi connectivity index (χ0) is 16.5. The largest absolute Gasteiger partial charge is 0.368 e. The third-order valence-corrected chi connectivity index (χ3v) is 4.16. The van der Waals surface area contributed by atoms with Crippen molar-refractivity contribution in [1.82, 2.24) is 15.0 Å². The van der Waals surface area contributed by atoms with Crippen molar-refractivity contribution in [2.75, 3.05) is 5.73 Å². The smallest absolute Gasteiger partial charge is 0.220 e. The van der Waals surface area contributed by atoms with Crippen LogP contribution in [-0.2, 0) is 6.42 Å². The minimum atomic E-state index is 0.311. The maximum absolute atomic E-state index is 5.82. The SMILES string of the molecule is CCCc1nc(N)nc2ccc(-c3ccc4ccccc4c3)nc12. The van der Waals surface area contributed by atoms with Crippen molar-refractivity contribution in [1.29, 1.82) is 0 Å². The standard InChI is InChI=1S/C20H18N4/c1-2-5-17-19-18(24-20(21)23-17)11-10-16(22-19)15-9-8-13-6-3-4-7-14(13)12-15/h3-4,6-12H,2,5H2,1H3,(H2,21,23,24). The van der Waals surface area contributed by atoms with Gasteiger partial charge >= 0.3 is 0 Å². The topological polar surface area (TPSA) is 64.7 Å². The van der Waals surface area contributed by atoms with Gasteiger partial charge in [0.1, 0.15) is 5.52 Å². The van der Waals surface area contributed by atoms with E-state index in [9.17, 15) is 0 Å². The zero-order valence-electron chi connectivity index (χ0n) is 13.5. The van der Waals surface area contributed by atoms with E-state index in [1.54, 1.807) is 0 Å². The second-order valence-corrected chi connectivity index (χ2v) is 5.90. The van der Waals surface area contributed by atoms with Crippen molar-refractivity contribution in [3.8, 4) is 11.3 Å². The van der Waals surface area contributed by atoms with Crippen molar-refractivity contribution < 1.29 is 0 Å². The van der Waals surface area contributed by atoms with Crippen LogP contribution in [0.5, 0.6) is 0 Å². The number of nitrogens with zero attached hydrogens (tertiary/aromatic N) is 3. The molecule has 0 radical (unpaired) electrons. The van der Waals surface area contributed by atoms with Gasteiger partial charge in [-0.05, 0) is 35.4 Å². The fourth-order valence-corrected chi connectivity index (χ4v) is 3.01. The second-order valence-electron chi connectivity index (χ2n) is 5.90. The van der Waals surface area contributed by atoms with Crippen LogP contribution < -0.4 is 5.73 Å². The van der Waals surface area contributed by atoms with Crippen molar-refractivity contribution in [2.24, 2.45) is 0 Å². The molecule has 0 fully saturated rings. The van der Waals surface area contributed by atoms with Crippen LogP contribution >= 0.6 is 0 Å². The molecule has 0 aliphatic heterocycles. The van der Waals surface area contributed by atoms with Crippen LogP contribution in [0.15, 0.2) is 54.6 Å². The summed E-state index contributed by atoms with van der Waals surface area (Å²) in [7, 11) is 0. The summed E-state index contributed by atoms with van der Waals surface area (Å²) in [5, 5.41) is 2.43. The Morgan fingerprint density at radius 2 is 1.71 bits per heavy atom. The first-order valence-electron chi connectivity index (χ1n) is 8.17. The third kappa shape index (κ3) is 2.56. The van der Waals surface area contributed by atoms with E-state index >= 15 is 0 Å². The molecule has 118 valence electrons. The van der Waals surface area contributed by atoms with Crippen LogP contribution in [0.3, 0.4) is 0 Å². The van der Waals surface area contributed by atoms with E-state index in [1.807, 2.05) is 12.1 Å². The first-order valence-corrected chi connectivity index (χ1v) is 8.17. The molecule has 0 saturated carbocycles. The van der Waals surface area contributed by atoms with E-state index < -0.39 is 0 Å². The molecule has 0 bridgehead atoms. The Balaban J connectivity index is 1.89. The molecule has 0 aliphatic carbocycles. The Morgan fingerprint density at radius 3 is 2.54 bits per heavy atom. The minimum Gasteiger partial charge on any atom is -0.368 e. The molecular formula is C20H18N4. The average molecular weight is 314 g/mol. The number of aromatic nitrogens is 3. The van der Waals surface area contributed by atoms with E-state index in [1.165, 1.54) is 10.8 Å². The molecule has 0 saturated heterocycles. The molecule has 4 rings (SSSR count). The Bertz CT molecular complexity index is 1040. The van der Waals surface area contributed by atoms with Crippen LogP contribution in [-0.4, -0.2) is 15.0 Å². The van der Waals surface area contributed by atoms with E-state index in [4.69, 9.17) is 10.7 Å². The monoisotopic (exact) mass is 314 g/mol. The van der Waals surface area contributed by atoms with Gasteiger partial charge in [-0.2, -0.15) is 0 Å².